The molecule has 1 amide bonds. The largest absolute Gasteiger partial charge is 0.377 e. The van der Waals surface area contributed by atoms with Gasteiger partial charge in [0.1, 0.15) is 5.78 Å². The van der Waals surface area contributed by atoms with Crippen LogP contribution in [-0.2, 0) is 19.1 Å². The van der Waals surface area contributed by atoms with E-state index in [-0.39, 0.29) is 17.9 Å². The fraction of sp³-hybridized carbons (Fsp3) is 0.905. The van der Waals surface area contributed by atoms with Gasteiger partial charge < -0.3 is 14.8 Å². The molecule has 1 atom stereocenters. The summed E-state index contributed by atoms with van der Waals surface area (Å²) in [5, 5.41) is 2.88. The Hall–Kier alpha value is -0.940. The molecule has 0 spiro atoms. The van der Waals surface area contributed by atoms with Crippen molar-refractivity contribution in [1.82, 2.24) is 5.32 Å². The highest BCUT2D eigenvalue weighted by Gasteiger charge is 2.09. The molecule has 0 aromatic rings. The van der Waals surface area contributed by atoms with Crippen LogP contribution in [0.25, 0.3) is 0 Å². The quantitative estimate of drug-likeness (QED) is 0.365. The van der Waals surface area contributed by atoms with Crippen LogP contribution in [-0.4, -0.2) is 44.2 Å². The number of carbonyl (C=O) groups is 2. The number of nitrogens with one attached hydrogen (secondary N) is 1. The molecule has 0 bridgehead atoms. The maximum absolute atomic E-state index is 11.7. The van der Waals surface area contributed by atoms with Crippen LogP contribution in [0.4, 0.5) is 0 Å². The van der Waals surface area contributed by atoms with Crippen molar-refractivity contribution in [2.45, 2.75) is 91.6 Å². The number of ketones is 1. The summed E-state index contributed by atoms with van der Waals surface area (Å²) in [4.78, 5) is 23.4. The lowest BCUT2D eigenvalue weighted by molar-refractivity contribution is -0.123. The van der Waals surface area contributed by atoms with Gasteiger partial charge in [0.25, 0.3) is 0 Å². The van der Waals surface area contributed by atoms with Gasteiger partial charge in [0.05, 0.1) is 25.9 Å². The van der Waals surface area contributed by atoms with Crippen molar-refractivity contribution < 1.29 is 19.1 Å². The second kappa shape index (κ2) is 17.5. The predicted octanol–water partition coefficient (Wildman–Crippen LogP) is 4.28. The first-order valence-corrected chi connectivity index (χ1v) is 10.5. The second-order valence-corrected chi connectivity index (χ2v) is 7.28. The molecule has 154 valence electrons. The zero-order valence-corrected chi connectivity index (χ0v) is 17.5. The minimum atomic E-state index is 0.103. The number of unbranched alkanes of at least 4 members (excludes halogenated alkanes) is 5. The van der Waals surface area contributed by atoms with E-state index in [4.69, 9.17) is 9.47 Å². The molecule has 1 N–H and O–H groups in total. The van der Waals surface area contributed by atoms with Gasteiger partial charge in [-0.15, -0.1) is 0 Å². The van der Waals surface area contributed by atoms with Crippen molar-refractivity contribution in [3.05, 3.63) is 0 Å². The predicted molar refractivity (Wildman–Crippen MR) is 106 cm³/mol. The van der Waals surface area contributed by atoms with Gasteiger partial charge in [-0.2, -0.15) is 0 Å². The van der Waals surface area contributed by atoms with E-state index in [0.29, 0.717) is 38.6 Å². The highest BCUT2D eigenvalue weighted by Crippen LogP contribution is 2.12. The number of hydrogen-bond acceptors (Lipinski definition) is 4. The van der Waals surface area contributed by atoms with E-state index < -0.39 is 0 Å². The Morgan fingerprint density at radius 1 is 0.846 bits per heavy atom. The Bertz CT molecular complexity index is 358. The lowest BCUT2D eigenvalue weighted by atomic mass is 9.98. The molecule has 5 heteroatoms. The van der Waals surface area contributed by atoms with E-state index in [9.17, 15) is 9.59 Å². The molecular weight excluding hydrogens is 330 g/mol. The highest BCUT2D eigenvalue weighted by molar-refractivity contribution is 5.80. The molecule has 0 heterocycles. The monoisotopic (exact) mass is 371 g/mol. The third-order valence-electron chi connectivity index (χ3n) is 4.49. The minimum absolute atomic E-state index is 0.103. The number of Topliss-reactive ketones (excluding diaryl/α,β-unsaturated/α-hetero) is 1. The zero-order chi connectivity index (χ0) is 19.6. The fourth-order valence-electron chi connectivity index (χ4n) is 2.56. The Labute approximate surface area is 160 Å². The standard InChI is InChI=1S/C21H41NO4/c1-5-19(4)20(23)12-10-8-6-7-9-11-13-21(24)22-14-15-25-16-17-26-18(2)3/h18-19H,5-17H2,1-4H3,(H,22,24). The van der Waals surface area contributed by atoms with E-state index in [1.807, 2.05) is 20.8 Å². The molecule has 0 aromatic carbocycles. The fourth-order valence-corrected chi connectivity index (χ4v) is 2.56. The Kier molecular flexibility index (Phi) is 16.8. The van der Waals surface area contributed by atoms with E-state index in [1.54, 1.807) is 0 Å². The molecule has 26 heavy (non-hydrogen) atoms. The van der Waals surface area contributed by atoms with E-state index in [1.165, 1.54) is 0 Å². The average molecular weight is 372 g/mol. The van der Waals surface area contributed by atoms with Crippen LogP contribution in [0, 0.1) is 5.92 Å². The van der Waals surface area contributed by atoms with Crippen LogP contribution < -0.4 is 5.32 Å². The smallest absolute Gasteiger partial charge is 0.220 e. The summed E-state index contributed by atoms with van der Waals surface area (Å²) in [5.41, 5.74) is 0. The van der Waals surface area contributed by atoms with Crippen molar-refractivity contribution in [3.8, 4) is 0 Å². The Morgan fingerprint density at radius 3 is 2.08 bits per heavy atom. The highest BCUT2D eigenvalue weighted by atomic mass is 16.5. The topological polar surface area (TPSA) is 64.6 Å². The summed E-state index contributed by atoms with van der Waals surface area (Å²) < 4.78 is 10.8. The molecule has 0 aromatic heterocycles. The van der Waals surface area contributed by atoms with Gasteiger partial charge in [-0.05, 0) is 33.1 Å². The molecule has 0 aliphatic carbocycles. The maximum atomic E-state index is 11.7. The molecule has 0 saturated carbocycles. The molecule has 0 rings (SSSR count). The second-order valence-electron chi connectivity index (χ2n) is 7.28. The zero-order valence-electron chi connectivity index (χ0n) is 17.5. The molecule has 1 unspecified atom stereocenters. The lowest BCUT2D eigenvalue weighted by Gasteiger charge is -2.09. The molecule has 0 aliphatic rings. The maximum Gasteiger partial charge on any atom is 0.220 e. The molecule has 0 radical (unpaired) electrons. The minimum Gasteiger partial charge on any atom is -0.377 e. The molecule has 0 aliphatic heterocycles. The van der Waals surface area contributed by atoms with Crippen molar-refractivity contribution in [2.75, 3.05) is 26.4 Å². The van der Waals surface area contributed by atoms with Gasteiger partial charge in [0, 0.05) is 25.3 Å². The van der Waals surface area contributed by atoms with Gasteiger partial charge in [-0.3, -0.25) is 9.59 Å². The number of amides is 1. The third-order valence-corrected chi connectivity index (χ3v) is 4.49. The lowest BCUT2D eigenvalue weighted by Crippen LogP contribution is -2.27. The van der Waals surface area contributed by atoms with Crippen LogP contribution >= 0.6 is 0 Å². The van der Waals surface area contributed by atoms with E-state index >= 15 is 0 Å². The normalized spacial score (nSPS) is 12.3. The van der Waals surface area contributed by atoms with Crippen LogP contribution in [0.15, 0.2) is 0 Å². The van der Waals surface area contributed by atoms with Crippen molar-refractivity contribution in [2.24, 2.45) is 5.92 Å². The third kappa shape index (κ3) is 16.5. The average Bonchev–Trinajstić information content (AvgIpc) is 2.61. The number of ether oxygens (including phenoxy) is 2. The first-order chi connectivity index (χ1) is 12.5. The van der Waals surface area contributed by atoms with Gasteiger partial charge in [-0.1, -0.05) is 39.5 Å². The van der Waals surface area contributed by atoms with Crippen LogP contribution in [0.2, 0.25) is 0 Å². The van der Waals surface area contributed by atoms with E-state index in [2.05, 4.69) is 12.2 Å². The number of hydrogen-bond donors (Lipinski definition) is 1. The Balaban J connectivity index is 3.30. The summed E-state index contributed by atoms with van der Waals surface area (Å²) in [7, 11) is 0. The first kappa shape index (κ1) is 25.1. The molecule has 0 saturated heterocycles. The number of carbonyl (C=O) groups excluding carboxylic acids is 2. The summed E-state index contributed by atoms with van der Waals surface area (Å²) in [6.07, 6.45) is 8.91. The van der Waals surface area contributed by atoms with Crippen molar-refractivity contribution in [3.63, 3.8) is 0 Å². The van der Waals surface area contributed by atoms with Crippen molar-refractivity contribution >= 4 is 11.7 Å². The summed E-state index contributed by atoms with van der Waals surface area (Å²) in [6, 6.07) is 0. The van der Waals surface area contributed by atoms with Gasteiger partial charge >= 0.3 is 0 Å². The summed E-state index contributed by atoms with van der Waals surface area (Å²) >= 11 is 0. The Morgan fingerprint density at radius 2 is 1.46 bits per heavy atom. The van der Waals surface area contributed by atoms with Crippen LogP contribution in [0.3, 0.4) is 0 Å². The summed E-state index contributed by atoms with van der Waals surface area (Å²) in [5.74, 6) is 0.721. The van der Waals surface area contributed by atoms with Crippen molar-refractivity contribution in [1.29, 1.82) is 0 Å². The summed E-state index contributed by atoms with van der Waals surface area (Å²) in [6.45, 7) is 10.3. The van der Waals surface area contributed by atoms with Gasteiger partial charge in [0.15, 0.2) is 0 Å². The van der Waals surface area contributed by atoms with Gasteiger partial charge in [0.2, 0.25) is 5.91 Å². The van der Waals surface area contributed by atoms with Crippen LogP contribution in [0.1, 0.15) is 85.5 Å². The molecule has 5 nitrogen and oxygen atoms in total. The molecular formula is C21H41NO4. The van der Waals surface area contributed by atoms with Crippen LogP contribution in [0.5, 0.6) is 0 Å². The number of rotatable bonds is 18. The first-order valence-electron chi connectivity index (χ1n) is 10.5. The SMILES string of the molecule is CCC(C)C(=O)CCCCCCCCC(=O)NCCOCCOC(C)C. The van der Waals surface area contributed by atoms with E-state index in [0.717, 1.165) is 51.4 Å². The van der Waals surface area contributed by atoms with Gasteiger partial charge in [-0.25, -0.2) is 0 Å². The molecule has 0 fully saturated rings.